The van der Waals surface area contributed by atoms with Crippen molar-refractivity contribution in [3.05, 3.63) is 15.3 Å². The van der Waals surface area contributed by atoms with Crippen molar-refractivity contribution in [2.75, 3.05) is 18.0 Å². The second-order valence-electron chi connectivity index (χ2n) is 4.32. The highest BCUT2D eigenvalue weighted by Gasteiger charge is 2.38. The number of nitrogens with one attached hydrogen (secondary N) is 1. The number of hydrogen-bond acceptors (Lipinski definition) is 6. The molecule has 0 aliphatic carbocycles. The van der Waals surface area contributed by atoms with Crippen LogP contribution in [0, 0.1) is 0 Å². The summed E-state index contributed by atoms with van der Waals surface area (Å²) >= 11 is 3.91. The molecule has 6 nitrogen and oxygen atoms in total. The van der Waals surface area contributed by atoms with Gasteiger partial charge in [0.25, 0.3) is 0 Å². The number of aromatic nitrogens is 5. The topological polar surface area (TPSA) is 70.6 Å². The van der Waals surface area contributed by atoms with Gasteiger partial charge in [-0.05, 0) is 22.4 Å². The fourth-order valence-electron chi connectivity index (χ4n) is 2.09. The van der Waals surface area contributed by atoms with E-state index in [0.29, 0.717) is 24.0 Å². The molecule has 0 amide bonds. The molecule has 2 aromatic rings. The smallest absolute Gasteiger partial charge is 0.347 e. The van der Waals surface area contributed by atoms with Crippen molar-refractivity contribution in [2.45, 2.75) is 18.5 Å². The van der Waals surface area contributed by atoms with Crippen molar-refractivity contribution in [1.29, 1.82) is 0 Å². The number of anilines is 1. The number of rotatable bonds is 2. The molecule has 11 heteroatoms. The van der Waals surface area contributed by atoms with Gasteiger partial charge in [0.2, 0.25) is 0 Å². The van der Waals surface area contributed by atoms with E-state index in [2.05, 4.69) is 41.5 Å². The summed E-state index contributed by atoms with van der Waals surface area (Å²) in [5.41, 5.74) is -0.875. The lowest BCUT2D eigenvalue weighted by Crippen LogP contribution is -2.19. The number of nitrogens with zero attached hydrogens (tertiary/aromatic N) is 5. The van der Waals surface area contributed by atoms with E-state index < -0.39 is 11.9 Å². The van der Waals surface area contributed by atoms with E-state index in [9.17, 15) is 13.2 Å². The second-order valence-corrected chi connectivity index (χ2v) is 6.61. The molecule has 1 atom stereocenters. The summed E-state index contributed by atoms with van der Waals surface area (Å²) in [6.45, 7) is 1.16. The van der Waals surface area contributed by atoms with Crippen LogP contribution in [0.3, 0.4) is 0 Å². The van der Waals surface area contributed by atoms with Gasteiger partial charge in [0.05, 0.1) is 0 Å². The highest BCUT2D eigenvalue weighted by atomic mass is 79.9. The summed E-state index contributed by atoms with van der Waals surface area (Å²) in [5, 5.41) is 14.0. The van der Waals surface area contributed by atoms with Crippen LogP contribution in [0.5, 0.6) is 0 Å². The van der Waals surface area contributed by atoms with E-state index in [4.69, 9.17) is 0 Å². The largest absolute Gasteiger partial charge is 0.435 e. The van der Waals surface area contributed by atoms with E-state index in [-0.39, 0.29) is 9.70 Å². The van der Waals surface area contributed by atoms with Gasteiger partial charge in [0.15, 0.2) is 16.6 Å². The number of hydrogen-bond donors (Lipinski definition) is 1. The van der Waals surface area contributed by atoms with Crippen molar-refractivity contribution >= 4 is 32.4 Å². The fourth-order valence-corrected chi connectivity index (χ4v) is 3.69. The van der Waals surface area contributed by atoms with Crippen LogP contribution < -0.4 is 4.90 Å². The van der Waals surface area contributed by atoms with Gasteiger partial charge in [0.1, 0.15) is 3.79 Å². The lowest BCUT2D eigenvalue weighted by atomic mass is 10.1. The number of H-pyrrole nitrogens is 1. The van der Waals surface area contributed by atoms with Crippen molar-refractivity contribution in [1.82, 2.24) is 25.6 Å². The zero-order valence-electron chi connectivity index (χ0n) is 9.85. The summed E-state index contributed by atoms with van der Waals surface area (Å²) in [4.78, 5) is 5.50. The molecule has 0 saturated carbocycles. The molecule has 0 bridgehead atoms. The molecule has 0 aromatic carbocycles. The van der Waals surface area contributed by atoms with Gasteiger partial charge in [-0.25, -0.2) is 4.98 Å². The van der Waals surface area contributed by atoms with Gasteiger partial charge in [-0.3, -0.25) is 0 Å². The maximum Gasteiger partial charge on any atom is 0.435 e. The van der Waals surface area contributed by atoms with Gasteiger partial charge in [-0.15, -0.1) is 10.2 Å². The molecule has 1 N–H and O–H groups in total. The lowest BCUT2D eigenvalue weighted by molar-refractivity contribution is -0.141. The van der Waals surface area contributed by atoms with E-state index in [1.807, 2.05) is 4.90 Å². The van der Waals surface area contributed by atoms with Crippen LogP contribution in [0.4, 0.5) is 18.3 Å². The summed E-state index contributed by atoms with van der Waals surface area (Å²) < 4.78 is 38.1. The van der Waals surface area contributed by atoms with E-state index >= 15 is 0 Å². The zero-order chi connectivity index (χ0) is 14.3. The van der Waals surface area contributed by atoms with Crippen molar-refractivity contribution in [3.63, 3.8) is 0 Å². The van der Waals surface area contributed by atoms with Crippen LogP contribution in [-0.4, -0.2) is 38.7 Å². The summed E-state index contributed by atoms with van der Waals surface area (Å²) in [6, 6.07) is 0. The quantitative estimate of drug-likeness (QED) is 0.881. The normalized spacial score (nSPS) is 19.8. The molecule has 1 aliphatic heterocycles. The number of alkyl halides is 3. The van der Waals surface area contributed by atoms with Gasteiger partial charge >= 0.3 is 6.18 Å². The maximum atomic E-state index is 12.7. The van der Waals surface area contributed by atoms with E-state index in [0.717, 1.165) is 17.8 Å². The molecule has 1 fully saturated rings. The van der Waals surface area contributed by atoms with Gasteiger partial charge in [-0.2, -0.15) is 18.4 Å². The SMILES string of the molecule is FC(F)(F)c1nc(N2CCC(c3nn[nH]n3)C2)sc1Br. The Labute approximate surface area is 123 Å². The third-order valence-corrected chi connectivity index (χ3v) is 4.79. The van der Waals surface area contributed by atoms with E-state index in [1.54, 1.807) is 0 Å². The van der Waals surface area contributed by atoms with Crippen LogP contribution in [0.2, 0.25) is 0 Å². The summed E-state index contributed by atoms with van der Waals surface area (Å²) in [5.74, 6) is 0.643. The van der Waals surface area contributed by atoms with Gasteiger partial charge in [0, 0.05) is 19.0 Å². The molecule has 108 valence electrons. The first-order valence-corrected chi connectivity index (χ1v) is 7.28. The Balaban J connectivity index is 1.78. The van der Waals surface area contributed by atoms with Gasteiger partial charge < -0.3 is 4.90 Å². The predicted octanol–water partition coefficient (Wildman–Crippen LogP) is 2.43. The summed E-state index contributed by atoms with van der Waals surface area (Å²) in [6.07, 6.45) is -3.68. The second kappa shape index (κ2) is 4.95. The van der Waals surface area contributed by atoms with Crippen molar-refractivity contribution in [3.8, 4) is 0 Å². The lowest BCUT2D eigenvalue weighted by Gasteiger charge is -2.13. The zero-order valence-corrected chi connectivity index (χ0v) is 12.3. The molecule has 0 radical (unpaired) electrons. The Hall–Kier alpha value is -1.23. The molecule has 20 heavy (non-hydrogen) atoms. The third kappa shape index (κ3) is 2.51. The minimum absolute atomic E-state index is 0.00279. The Morgan fingerprint density at radius 2 is 2.20 bits per heavy atom. The monoisotopic (exact) mass is 368 g/mol. The highest BCUT2D eigenvalue weighted by Crippen LogP contribution is 2.41. The Morgan fingerprint density at radius 1 is 1.40 bits per heavy atom. The molecule has 2 aromatic heterocycles. The summed E-state index contributed by atoms with van der Waals surface area (Å²) in [7, 11) is 0. The first kappa shape index (κ1) is 13.7. The van der Waals surface area contributed by atoms with Gasteiger partial charge in [-0.1, -0.05) is 16.6 Å². The maximum absolute atomic E-state index is 12.7. The predicted molar refractivity (Wildman–Crippen MR) is 68.6 cm³/mol. The van der Waals surface area contributed by atoms with Crippen molar-refractivity contribution < 1.29 is 13.2 Å². The molecule has 1 aliphatic rings. The first-order chi connectivity index (χ1) is 9.45. The highest BCUT2D eigenvalue weighted by molar-refractivity contribution is 9.11. The molecule has 0 spiro atoms. The van der Waals surface area contributed by atoms with E-state index in [1.165, 1.54) is 0 Å². The van der Waals surface area contributed by atoms with Crippen LogP contribution in [-0.2, 0) is 6.18 Å². The number of tetrazole rings is 1. The Kier molecular flexibility index (Phi) is 3.40. The van der Waals surface area contributed by atoms with Crippen LogP contribution in [0.15, 0.2) is 3.79 Å². The number of thiazole rings is 1. The first-order valence-electron chi connectivity index (χ1n) is 5.67. The molecule has 1 unspecified atom stereocenters. The molecular formula is C9H8BrF3N6S. The molecule has 3 heterocycles. The van der Waals surface area contributed by atoms with Crippen LogP contribution in [0.1, 0.15) is 23.9 Å². The molecular weight excluding hydrogens is 361 g/mol. The third-order valence-electron chi connectivity index (χ3n) is 3.03. The minimum Gasteiger partial charge on any atom is -0.347 e. The molecule has 1 saturated heterocycles. The van der Waals surface area contributed by atoms with Crippen molar-refractivity contribution in [2.24, 2.45) is 0 Å². The standard InChI is InChI=1S/C9H8BrF3N6S/c10-6-5(9(11,12)13)14-8(20-6)19-2-1-4(3-19)7-15-17-18-16-7/h4H,1-3H2,(H,15,16,17,18). The minimum atomic E-state index is -4.44. The molecule has 3 rings (SSSR count). The van der Waals surface area contributed by atoms with Crippen LogP contribution in [0.25, 0.3) is 0 Å². The number of aromatic amines is 1. The van der Waals surface area contributed by atoms with Crippen LogP contribution >= 0.6 is 27.3 Å². The number of halogens is 4. The average molecular weight is 369 g/mol. The fraction of sp³-hybridized carbons (Fsp3) is 0.556. The Bertz CT molecular complexity index is 597. The Morgan fingerprint density at radius 3 is 2.80 bits per heavy atom. The average Bonchev–Trinajstić information content (AvgIpc) is 3.06.